The number of aliphatic carboxylic acids is 1. The summed E-state index contributed by atoms with van der Waals surface area (Å²) in [5, 5.41) is 8.74. The molecule has 1 heterocycles. The number of aryl methyl sites for hydroxylation is 1. The first-order valence-corrected chi connectivity index (χ1v) is 5.28. The number of carbonyl (C=O) groups is 2. The zero-order valence-corrected chi connectivity index (χ0v) is 10.1. The van der Waals surface area contributed by atoms with Crippen molar-refractivity contribution in [3.63, 3.8) is 0 Å². The van der Waals surface area contributed by atoms with E-state index >= 15 is 0 Å². The van der Waals surface area contributed by atoms with Gasteiger partial charge in [0.15, 0.2) is 5.89 Å². The van der Waals surface area contributed by atoms with Crippen LogP contribution in [0.5, 0.6) is 0 Å². The average molecular weight is 240 g/mol. The Hall–Kier alpha value is -1.85. The molecule has 0 aliphatic carbocycles. The second kappa shape index (κ2) is 5.47. The number of rotatable bonds is 5. The van der Waals surface area contributed by atoms with E-state index in [1.165, 1.54) is 11.2 Å². The van der Waals surface area contributed by atoms with E-state index in [9.17, 15) is 9.59 Å². The van der Waals surface area contributed by atoms with Crippen molar-refractivity contribution in [2.45, 2.75) is 20.3 Å². The third-order valence-electron chi connectivity index (χ3n) is 2.39. The number of carboxylic acids is 1. The van der Waals surface area contributed by atoms with E-state index in [-0.39, 0.29) is 18.9 Å². The van der Waals surface area contributed by atoms with Crippen molar-refractivity contribution in [1.29, 1.82) is 0 Å². The Balaban J connectivity index is 2.50. The molecule has 0 aliphatic heterocycles. The summed E-state index contributed by atoms with van der Waals surface area (Å²) in [5.74, 6) is -1.16. The van der Waals surface area contributed by atoms with Crippen LogP contribution in [0.2, 0.25) is 0 Å². The molecule has 1 amide bonds. The summed E-state index contributed by atoms with van der Waals surface area (Å²) in [5.41, 5.74) is 0.558. The van der Waals surface area contributed by atoms with E-state index in [1.54, 1.807) is 20.9 Å². The Kier molecular flexibility index (Phi) is 4.25. The fourth-order valence-corrected chi connectivity index (χ4v) is 1.37. The lowest BCUT2D eigenvalue weighted by Gasteiger charge is -2.18. The predicted octanol–water partition coefficient (Wildman–Crippen LogP) is 0.705. The minimum atomic E-state index is -0.915. The van der Waals surface area contributed by atoms with E-state index in [0.29, 0.717) is 11.6 Å². The maximum atomic E-state index is 11.7. The SMILES string of the molecule is Cc1nc(CC(=O)N(C)CC(C)C(=O)O)co1. The molecule has 94 valence electrons. The summed E-state index contributed by atoms with van der Waals surface area (Å²) in [4.78, 5) is 27.8. The quantitative estimate of drug-likeness (QED) is 0.819. The number of nitrogens with zero attached hydrogens (tertiary/aromatic N) is 2. The number of amides is 1. The zero-order valence-electron chi connectivity index (χ0n) is 10.1. The molecule has 0 fully saturated rings. The fraction of sp³-hybridized carbons (Fsp3) is 0.545. The van der Waals surface area contributed by atoms with Crippen LogP contribution >= 0.6 is 0 Å². The van der Waals surface area contributed by atoms with Gasteiger partial charge < -0.3 is 14.4 Å². The van der Waals surface area contributed by atoms with Gasteiger partial charge in [-0.25, -0.2) is 4.98 Å². The lowest BCUT2D eigenvalue weighted by atomic mass is 10.1. The predicted molar refractivity (Wildman–Crippen MR) is 59.4 cm³/mol. The molecule has 17 heavy (non-hydrogen) atoms. The third-order valence-corrected chi connectivity index (χ3v) is 2.39. The van der Waals surface area contributed by atoms with E-state index in [1.807, 2.05) is 0 Å². The van der Waals surface area contributed by atoms with E-state index in [4.69, 9.17) is 9.52 Å². The summed E-state index contributed by atoms with van der Waals surface area (Å²) < 4.78 is 4.99. The van der Waals surface area contributed by atoms with Crippen molar-refractivity contribution >= 4 is 11.9 Å². The molecule has 0 radical (unpaired) electrons. The highest BCUT2D eigenvalue weighted by Crippen LogP contribution is 2.05. The molecule has 0 aliphatic rings. The molecule has 1 unspecified atom stereocenters. The molecule has 0 saturated heterocycles. The molecule has 1 rings (SSSR count). The van der Waals surface area contributed by atoms with Crippen LogP contribution < -0.4 is 0 Å². The highest BCUT2D eigenvalue weighted by Gasteiger charge is 2.18. The number of likely N-dealkylation sites (N-methyl/N-ethyl adjacent to an activating group) is 1. The minimum Gasteiger partial charge on any atom is -0.481 e. The van der Waals surface area contributed by atoms with Crippen molar-refractivity contribution in [3.8, 4) is 0 Å². The number of aromatic nitrogens is 1. The largest absolute Gasteiger partial charge is 0.481 e. The molecule has 1 atom stereocenters. The molecule has 1 aromatic rings. The molecule has 6 nitrogen and oxygen atoms in total. The highest BCUT2D eigenvalue weighted by molar-refractivity contribution is 5.79. The lowest BCUT2D eigenvalue weighted by molar-refractivity contribution is -0.142. The number of hydrogen-bond donors (Lipinski definition) is 1. The first-order chi connectivity index (χ1) is 7.90. The molecular formula is C11H16N2O4. The van der Waals surface area contributed by atoms with Crippen molar-refractivity contribution in [2.75, 3.05) is 13.6 Å². The van der Waals surface area contributed by atoms with Gasteiger partial charge in [0.1, 0.15) is 6.26 Å². The van der Waals surface area contributed by atoms with Gasteiger partial charge in [0.2, 0.25) is 5.91 Å². The van der Waals surface area contributed by atoms with Crippen LogP contribution in [-0.4, -0.2) is 40.5 Å². The fourth-order valence-electron chi connectivity index (χ4n) is 1.37. The molecular weight excluding hydrogens is 224 g/mol. The summed E-state index contributed by atoms with van der Waals surface area (Å²) in [6.07, 6.45) is 1.56. The molecule has 0 aromatic carbocycles. The van der Waals surface area contributed by atoms with Crippen LogP contribution in [0.25, 0.3) is 0 Å². The van der Waals surface area contributed by atoms with Gasteiger partial charge in [-0.2, -0.15) is 0 Å². The van der Waals surface area contributed by atoms with Crippen LogP contribution in [0.3, 0.4) is 0 Å². The summed E-state index contributed by atoms with van der Waals surface area (Å²) in [6, 6.07) is 0. The number of carbonyl (C=O) groups excluding carboxylic acids is 1. The number of oxazole rings is 1. The highest BCUT2D eigenvalue weighted by atomic mass is 16.4. The van der Waals surface area contributed by atoms with Crippen molar-refractivity contribution in [1.82, 2.24) is 9.88 Å². The first-order valence-electron chi connectivity index (χ1n) is 5.28. The van der Waals surface area contributed by atoms with Gasteiger partial charge in [0.25, 0.3) is 0 Å². The van der Waals surface area contributed by atoms with E-state index < -0.39 is 11.9 Å². The Morgan fingerprint density at radius 3 is 2.71 bits per heavy atom. The maximum Gasteiger partial charge on any atom is 0.308 e. The Morgan fingerprint density at radius 1 is 1.59 bits per heavy atom. The van der Waals surface area contributed by atoms with Gasteiger partial charge in [-0.1, -0.05) is 6.92 Å². The standard InChI is InChI=1S/C11H16N2O4/c1-7(11(15)16)5-13(3)10(14)4-9-6-17-8(2)12-9/h6-7H,4-5H2,1-3H3,(H,15,16). The summed E-state index contributed by atoms with van der Waals surface area (Å²) in [7, 11) is 1.58. The number of carboxylic acid groups (broad SMARTS) is 1. The van der Waals surface area contributed by atoms with Crippen LogP contribution in [0, 0.1) is 12.8 Å². The van der Waals surface area contributed by atoms with Crippen LogP contribution in [0.1, 0.15) is 18.5 Å². The normalized spacial score (nSPS) is 12.2. The van der Waals surface area contributed by atoms with Gasteiger partial charge in [-0.3, -0.25) is 9.59 Å². The second-order valence-corrected chi connectivity index (χ2v) is 4.05. The van der Waals surface area contributed by atoms with Gasteiger partial charge >= 0.3 is 5.97 Å². The van der Waals surface area contributed by atoms with Gasteiger partial charge in [0, 0.05) is 20.5 Å². The van der Waals surface area contributed by atoms with Gasteiger partial charge in [-0.05, 0) is 0 Å². The first kappa shape index (κ1) is 13.2. The molecule has 1 aromatic heterocycles. The second-order valence-electron chi connectivity index (χ2n) is 4.05. The molecule has 0 saturated carbocycles. The zero-order chi connectivity index (χ0) is 13.0. The van der Waals surface area contributed by atoms with Gasteiger partial charge in [0.05, 0.1) is 18.0 Å². The lowest BCUT2D eigenvalue weighted by Crippen LogP contribution is -2.34. The molecule has 0 bridgehead atoms. The average Bonchev–Trinajstić information content (AvgIpc) is 2.63. The Morgan fingerprint density at radius 2 is 2.24 bits per heavy atom. The third kappa shape index (κ3) is 3.90. The van der Waals surface area contributed by atoms with E-state index in [2.05, 4.69) is 4.98 Å². The molecule has 1 N–H and O–H groups in total. The Labute approximate surface area is 99.2 Å². The minimum absolute atomic E-state index is 0.125. The molecule has 0 spiro atoms. The monoisotopic (exact) mass is 240 g/mol. The van der Waals surface area contributed by atoms with Gasteiger partial charge in [-0.15, -0.1) is 0 Å². The Bertz CT molecular complexity index is 413. The summed E-state index contributed by atoms with van der Waals surface area (Å²) in [6.45, 7) is 3.45. The smallest absolute Gasteiger partial charge is 0.308 e. The van der Waals surface area contributed by atoms with E-state index in [0.717, 1.165) is 0 Å². The van der Waals surface area contributed by atoms with Crippen LogP contribution in [-0.2, 0) is 16.0 Å². The molecule has 6 heteroatoms. The summed E-state index contributed by atoms with van der Waals surface area (Å²) >= 11 is 0. The maximum absolute atomic E-state index is 11.7. The number of hydrogen-bond acceptors (Lipinski definition) is 4. The van der Waals surface area contributed by atoms with Crippen LogP contribution in [0.4, 0.5) is 0 Å². The van der Waals surface area contributed by atoms with Crippen molar-refractivity contribution in [3.05, 3.63) is 17.8 Å². The van der Waals surface area contributed by atoms with Crippen molar-refractivity contribution in [2.24, 2.45) is 5.92 Å². The van der Waals surface area contributed by atoms with Crippen molar-refractivity contribution < 1.29 is 19.1 Å². The topological polar surface area (TPSA) is 83.6 Å². The van der Waals surface area contributed by atoms with Crippen LogP contribution in [0.15, 0.2) is 10.7 Å².